The van der Waals surface area contributed by atoms with Crippen molar-refractivity contribution in [2.45, 2.75) is 23.6 Å². The van der Waals surface area contributed by atoms with Crippen LogP contribution in [0.25, 0.3) is 10.2 Å². The molecule has 0 aliphatic carbocycles. The average Bonchev–Trinajstić information content (AvgIpc) is 3.09. The summed E-state index contributed by atoms with van der Waals surface area (Å²) in [4.78, 5) is 17.2. The van der Waals surface area contributed by atoms with Crippen molar-refractivity contribution in [2.75, 3.05) is 24.7 Å². The molecule has 0 spiro atoms. The van der Waals surface area contributed by atoms with Crippen LogP contribution >= 0.6 is 11.3 Å². The molecule has 30 heavy (non-hydrogen) atoms. The van der Waals surface area contributed by atoms with Gasteiger partial charge in [-0.15, -0.1) is 0 Å². The molecule has 1 aromatic heterocycles. The first-order valence-corrected chi connectivity index (χ1v) is 13.2. The van der Waals surface area contributed by atoms with Gasteiger partial charge in [-0.05, 0) is 36.4 Å². The maximum absolute atomic E-state index is 12.7. The lowest BCUT2D eigenvalue weighted by Crippen LogP contribution is -2.30. The van der Waals surface area contributed by atoms with E-state index in [2.05, 4.69) is 10.3 Å². The summed E-state index contributed by atoms with van der Waals surface area (Å²) in [6, 6.07) is 10.4. The van der Waals surface area contributed by atoms with Crippen LogP contribution in [0.4, 0.5) is 5.13 Å². The van der Waals surface area contributed by atoms with E-state index >= 15 is 0 Å². The fraction of sp³-hybridized carbons (Fsp3) is 0.263. The number of anilines is 1. The summed E-state index contributed by atoms with van der Waals surface area (Å²) in [6.45, 7) is 4.16. The number of carbonyl (C=O) groups excluding carboxylic acids is 1. The molecule has 11 heteroatoms. The molecule has 0 saturated heterocycles. The zero-order chi connectivity index (χ0) is 22.1. The van der Waals surface area contributed by atoms with Gasteiger partial charge in [0.2, 0.25) is 10.0 Å². The number of nitrogens with one attached hydrogen (secondary N) is 1. The second-order valence-corrected chi connectivity index (χ2v) is 11.5. The van der Waals surface area contributed by atoms with Crippen LogP contribution in [0.2, 0.25) is 0 Å². The number of benzene rings is 2. The zero-order valence-corrected chi connectivity index (χ0v) is 19.1. The molecule has 3 aromatic rings. The molecule has 0 unspecified atom stereocenters. The van der Waals surface area contributed by atoms with Crippen molar-refractivity contribution >= 4 is 52.5 Å². The van der Waals surface area contributed by atoms with Gasteiger partial charge in [0.1, 0.15) is 0 Å². The van der Waals surface area contributed by atoms with Crippen LogP contribution in [0, 0.1) is 0 Å². The lowest BCUT2D eigenvalue weighted by Gasteiger charge is -2.18. The third-order valence-electron chi connectivity index (χ3n) is 4.45. The average molecular weight is 468 g/mol. The second kappa shape index (κ2) is 8.42. The SMILES string of the molecule is CCN(CC)S(=O)(=O)c1cccc(C(=O)Nc2nc3ccc(S(C)(=O)=O)cc3s2)c1. The van der Waals surface area contributed by atoms with Crippen molar-refractivity contribution in [3.8, 4) is 0 Å². The van der Waals surface area contributed by atoms with E-state index in [4.69, 9.17) is 0 Å². The van der Waals surface area contributed by atoms with Crippen LogP contribution in [-0.2, 0) is 19.9 Å². The monoisotopic (exact) mass is 467 g/mol. The van der Waals surface area contributed by atoms with Crippen LogP contribution in [0.5, 0.6) is 0 Å². The molecule has 0 aliphatic heterocycles. The summed E-state index contributed by atoms with van der Waals surface area (Å²) in [7, 11) is -7.04. The van der Waals surface area contributed by atoms with E-state index in [0.717, 1.165) is 17.6 Å². The zero-order valence-electron chi connectivity index (χ0n) is 16.6. The van der Waals surface area contributed by atoms with Crippen LogP contribution in [0.3, 0.4) is 0 Å². The van der Waals surface area contributed by atoms with Crippen molar-refractivity contribution < 1.29 is 21.6 Å². The summed E-state index contributed by atoms with van der Waals surface area (Å²) in [6.07, 6.45) is 1.12. The number of rotatable bonds is 7. The largest absolute Gasteiger partial charge is 0.298 e. The minimum absolute atomic E-state index is 0.0425. The Kier molecular flexibility index (Phi) is 6.27. The van der Waals surface area contributed by atoms with Gasteiger partial charge in [-0.25, -0.2) is 21.8 Å². The van der Waals surface area contributed by atoms with E-state index in [9.17, 15) is 21.6 Å². The molecule has 0 fully saturated rings. The first-order chi connectivity index (χ1) is 14.1. The highest BCUT2D eigenvalue weighted by atomic mass is 32.2. The predicted octanol–water partition coefficient (Wildman–Crippen LogP) is 2.98. The molecule has 0 atom stereocenters. The Bertz CT molecular complexity index is 1310. The van der Waals surface area contributed by atoms with Gasteiger partial charge in [-0.1, -0.05) is 31.3 Å². The Morgan fingerprint density at radius 1 is 1.03 bits per heavy atom. The van der Waals surface area contributed by atoms with Crippen molar-refractivity contribution in [2.24, 2.45) is 0 Å². The van der Waals surface area contributed by atoms with Gasteiger partial charge in [0.25, 0.3) is 5.91 Å². The number of thiazole rings is 1. The highest BCUT2D eigenvalue weighted by molar-refractivity contribution is 7.90. The molecule has 1 N–H and O–H groups in total. The first-order valence-electron chi connectivity index (χ1n) is 9.08. The summed E-state index contributed by atoms with van der Waals surface area (Å²) >= 11 is 1.14. The summed E-state index contributed by atoms with van der Waals surface area (Å²) in [5.74, 6) is -0.506. The van der Waals surface area contributed by atoms with E-state index in [0.29, 0.717) is 23.3 Å². The van der Waals surface area contributed by atoms with Crippen LogP contribution in [0.15, 0.2) is 52.3 Å². The normalized spacial score (nSPS) is 12.4. The molecule has 0 bridgehead atoms. The maximum Gasteiger partial charge on any atom is 0.257 e. The molecule has 160 valence electrons. The van der Waals surface area contributed by atoms with Crippen LogP contribution in [-0.4, -0.2) is 51.4 Å². The molecule has 0 saturated carbocycles. The van der Waals surface area contributed by atoms with Crippen molar-refractivity contribution in [1.29, 1.82) is 0 Å². The van der Waals surface area contributed by atoms with E-state index in [-0.39, 0.29) is 20.5 Å². The van der Waals surface area contributed by atoms with E-state index in [1.54, 1.807) is 19.9 Å². The van der Waals surface area contributed by atoms with E-state index in [1.807, 2.05) is 0 Å². The van der Waals surface area contributed by atoms with Crippen molar-refractivity contribution in [1.82, 2.24) is 9.29 Å². The lowest BCUT2D eigenvalue weighted by molar-refractivity contribution is 0.102. The topological polar surface area (TPSA) is 114 Å². The third-order valence-corrected chi connectivity index (χ3v) is 8.54. The molecule has 1 amide bonds. The maximum atomic E-state index is 12.7. The highest BCUT2D eigenvalue weighted by Crippen LogP contribution is 2.28. The molecule has 0 radical (unpaired) electrons. The van der Waals surface area contributed by atoms with Crippen LogP contribution < -0.4 is 5.32 Å². The van der Waals surface area contributed by atoms with E-state index in [1.165, 1.54) is 40.7 Å². The van der Waals surface area contributed by atoms with Crippen molar-refractivity contribution in [3.63, 3.8) is 0 Å². The number of carbonyl (C=O) groups is 1. The summed E-state index contributed by atoms with van der Waals surface area (Å²) in [5, 5.41) is 2.94. The number of sulfonamides is 1. The quantitative estimate of drug-likeness (QED) is 0.571. The number of amides is 1. The van der Waals surface area contributed by atoms with Crippen LogP contribution in [0.1, 0.15) is 24.2 Å². The fourth-order valence-electron chi connectivity index (χ4n) is 2.87. The number of hydrogen-bond acceptors (Lipinski definition) is 7. The molecule has 3 rings (SSSR count). The standard InChI is InChI=1S/C19H21N3O5S3/c1-4-22(5-2)30(26,27)15-8-6-7-13(11-15)18(23)21-19-20-16-10-9-14(29(3,24)25)12-17(16)28-19/h6-12H,4-5H2,1-3H3,(H,20,21,23). The van der Waals surface area contributed by atoms with Gasteiger partial charge in [-0.3, -0.25) is 10.1 Å². The Balaban J connectivity index is 1.88. The number of hydrogen-bond donors (Lipinski definition) is 1. The van der Waals surface area contributed by atoms with Crippen molar-refractivity contribution in [3.05, 3.63) is 48.0 Å². The Labute approximate surface area is 179 Å². The molecular formula is C19H21N3O5S3. The molecule has 0 aliphatic rings. The van der Waals surface area contributed by atoms with Gasteiger partial charge < -0.3 is 0 Å². The number of aromatic nitrogens is 1. The second-order valence-electron chi connectivity index (χ2n) is 6.49. The fourth-order valence-corrected chi connectivity index (χ4v) is 6.00. The van der Waals surface area contributed by atoms with Gasteiger partial charge in [-0.2, -0.15) is 4.31 Å². The molecular weight excluding hydrogens is 446 g/mol. The Morgan fingerprint density at radius 2 is 1.73 bits per heavy atom. The summed E-state index contributed by atoms with van der Waals surface area (Å²) in [5.41, 5.74) is 0.736. The summed E-state index contributed by atoms with van der Waals surface area (Å²) < 4.78 is 50.7. The number of fused-ring (bicyclic) bond motifs is 1. The minimum atomic E-state index is -3.69. The van der Waals surface area contributed by atoms with Gasteiger partial charge in [0, 0.05) is 24.9 Å². The van der Waals surface area contributed by atoms with Gasteiger partial charge >= 0.3 is 0 Å². The smallest absolute Gasteiger partial charge is 0.257 e. The number of sulfone groups is 1. The first kappa shape index (κ1) is 22.3. The molecule has 2 aromatic carbocycles. The van der Waals surface area contributed by atoms with E-state index < -0.39 is 25.8 Å². The number of nitrogens with zero attached hydrogens (tertiary/aromatic N) is 2. The molecule has 1 heterocycles. The van der Waals surface area contributed by atoms with Gasteiger partial charge in [0.05, 0.1) is 20.0 Å². The lowest BCUT2D eigenvalue weighted by atomic mass is 10.2. The predicted molar refractivity (Wildman–Crippen MR) is 117 cm³/mol. The Hall–Kier alpha value is -2.34. The third kappa shape index (κ3) is 4.53. The minimum Gasteiger partial charge on any atom is -0.298 e. The molecule has 8 nitrogen and oxygen atoms in total. The highest BCUT2D eigenvalue weighted by Gasteiger charge is 2.23. The van der Waals surface area contributed by atoms with Gasteiger partial charge in [0.15, 0.2) is 15.0 Å². The Morgan fingerprint density at radius 3 is 2.37 bits per heavy atom.